The Kier molecular flexibility index (Phi) is 4.22. The first-order chi connectivity index (χ1) is 8.33. The van der Waals surface area contributed by atoms with Crippen LogP contribution >= 0.6 is 11.3 Å². The lowest BCUT2D eigenvalue weighted by Crippen LogP contribution is -2.31. The maximum atomic E-state index is 12.1. The zero-order valence-corrected chi connectivity index (χ0v) is 10.9. The van der Waals surface area contributed by atoms with Crippen LogP contribution in [0.25, 0.3) is 0 Å². The quantitative estimate of drug-likeness (QED) is 0.646. The Morgan fingerprint density at radius 1 is 1.65 bits per heavy atom. The number of hydrogen-bond donors (Lipinski definition) is 1. The Labute approximate surface area is 106 Å². The molecule has 90 valence electrons. The molecule has 0 fully saturated rings. The number of fused-ring (bicyclic) bond motifs is 1. The Balaban J connectivity index is 1.94. The van der Waals surface area contributed by atoms with Crippen LogP contribution in [0.15, 0.2) is 11.4 Å². The molecule has 17 heavy (non-hydrogen) atoms. The normalized spacial score (nSPS) is 17.8. The van der Waals surface area contributed by atoms with Gasteiger partial charge < -0.3 is 5.32 Å². The first-order valence-corrected chi connectivity index (χ1v) is 6.94. The van der Waals surface area contributed by atoms with Crippen molar-refractivity contribution in [2.24, 2.45) is 0 Å². The molecule has 0 radical (unpaired) electrons. The van der Waals surface area contributed by atoms with E-state index >= 15 is 0 Å². The van der Waals surface area contributed by atoms with Gasteiger partial charge in [-0.05, 0) is 43.2 Å². The van der Waals surface area contributed by atoms with Crippen LogP contribution in [0.5, 0.6) is 0 Å². The minimum absolute atomic E-state index is 0.0691. The zero-order valence-electron chi connectivity index (χ0n) is 10.1. The second-order valence-corrected chi connectivity index (χ2v) is 5.21. The summed E-state index contributed by atoms with van der Waals surface area (Å²) in [5.41, 5.74) is 1.25. The second kappa shape index (κ2) is 5.88. The summed E-state index contributed by atoms with van der Waals surface area (Å²) < 4.78 is 0. The molecule has 2 rings (SSSR count). The van der Waals surface area contributed by atoms with Gasteiger partial charge in [0.1, 0.15) is 0 Å². The second-order valence-electron chi connectivity index (χ2n) is 4.21. The molecule has 1 unspecified atom stereocenters. The van der Waals surface area contributed by atoms with E-state index in [9.17, 15) is 4.79 Å². The Hall–Kier alpha value is -1.27. The van der Waals surface area contributed by atoms with Gasteiger partial charge in [0.15, 0.2) is 0 Å². The third-order valence-electron chi connectivity index (χ3n) is 3.09. The zero-order chi connectivity index (χ0) is 12.1. The highest BCUT2D eigenvalue weighted by molar-refractivity contribution is 7.10. The molecule has 1 heterocycles. The third-order valence-corrected chi connectivity index (χ3v) is 4.09. The fraction of sp³-hybridized carbons (Fsp3) is 0.500. The molecule has 2 nitrogen and oxygen atoms in total. The highest BCUT2D eigenvalue weighted by Gasteiger charge is 2.26. The van der Waals surface area contributed by atoms with Crippen molar-refractivity contribution in [1.29, 1.82) is 0 Å². The number of carbonyl (C=O) groups excluding carboxylic acids is 1. The van der Waals surface area contributed by atoms with Gasteiger partial charge in [-0.3, -0.25) is 4.79 Å². The lowest BCUT2D eigenvalue weighted by atomic mass is 9.87. The number of aryl methyl sites for hydroxylation is 1. The maximum absolute atomic E-state index is 12.1. The van der Waals surface area contributed by atoms with Crippen molar-refractivity contribution in [1.82, 2.24) is 5.32 Å². The molecule has 0 saturated heterocycles. The molecule has 1 aliphatic carbocycles. The van der Waals surface area contributed by atoms with Gasteiger partial charge in [0.05, 0.1) is 5.92 Å². The van der Waals surface area contributed by atoms with Crippen LogP contribution in [0.1, 0.15) is 42.5 Å². The van der Waals surface area contributed by atoms with Crippen molar-refractivity contribution >= 4 is 17.2 Å². The maximum Gasteiger partial charge on any atom is 0.227 e. The molecule has 1 amide bonds. The van der Waals surface area contributed by atoms with E-state index in [-0.39, 0.29) is 11.8 Å². The molecular weight excluding hydrogens is 230 g/mol. The van der Waals surface area contributed by atoms with Crippen LogP contribution in [-0.4, -0.2) is 12.5 Å². The molecule has 0 bridgehead atoms. The van der Waals surface area contributed by atoms with E-state index in [2.05, 4.69) is 28.6 Å². The summed E-state index contributed by atoms with van der Waals surface area (Å²) in [6, 6.07) is 2.11. The van der Waals surface area contributed by atoms with E-state index in [1.165, 1.54) is 10.4 Å². The van der Waals surface area contributed by atoms with E-state index in [0.717, 1.165) is 25.7 Å². The van der Waals surface area contributed by atoms with Crippen molar-refractivity contribution in [2.75, 3.05) is 6.54 Å². The molecular formula is C14H17NOS. The number of thiophene rings is 1. The van der Waals surface area contributed by atoms with Crippen LogP contribution in [0.4, 0.5) is 0 Å². The van der Waals surface area contributed by atoms with E-state index in [1.54, 1.807) is 11.3 Å². The van der Waals surface area contributed by atoms with Gasteiger partial charge in [-0.25, -0.2) is 0 Å². The minimum atomic E-state index is 0.0691. The average Bonchev–Trinajstić information content (AvgIpc) is 2.82. The smallest absolute Gasteiger partial charge is 0.227 e. The topological polar surface area (TPSA) is 29.1 Å². The van der Waals surface area contributed by atoms with Gasteiger partial charge >= 0.3 is 0 Å². The van der Waals surface area contributed by atoms with Gasteiger partial charge in [-0.15, -0.1) is 23.2 Å². The summed E-state index contributed by atoms with van der Waals surface area (Å²) >= 11 is 1.78. The van der Waals surface area contributed by atoms with Crippen molar-refractivity contribution < 1.29 is 4.79 Å². The van der Waals surface area contributed by atoms with Gasteiger partial charge in [-0.1, -0.05) is 0 Å². The highest BCUT2D eigenvalue weighted by atomic mass is 32.1. The summed E-state index contributed by atoms with van der Waals surface area (Å²) in [4.78, 5) is 13.5. The summed E-state index contributed by atoms with van der Waals surface area (Å²) in [6.45, 7) is 2.48. The fourth-order valence-electron chi connectivity index (χ4n) is 2.26. The monoisotopic (exact) mass is 247 g/mol. The number of nitrogens with one attached hydrogen (secondary N) is 1. The summed E-state index contributed by atoms with van der Waals surface area (Å²) in [6.07, 6.45) is 3.99. The number of hydrogen-bond acceptors (Lipinski definition) is 2. The molecule has 0 spiro atoms. The molecule has 1 aromatic rings. The lowest BCUT2D eigenvalue weighted by molar-refractivity contribution is -0.122. The fourth-order valence-corrected chi connectivity index (χ4v) is 3.24. The summed E-state index contributed by atoms with van der Waals surface area (Å²) in [5.74, 6) is 6.03. The van der Waals surface area contributed by atoms with Gasteiger partial charge in [0.25, 0.3) is 0 Å². The van der Waals surface area contributed by atoms with Crippen molar-refractivity contribution in [3.05, 3.63) is 21.9 Å². The molecule has 1 aliphatic rings. The lowest BCUT2D eigenvalue weighted by Gasteiger charge is -2.21. The number of rotatable bonds is 3. The molecule has 0 saturated carbocycles. The van der Waals surface area contributed by atoms with Gasteiger partial charge in [0, 0.05) is 17.8 Å². The highest BCUT2D eigenvalue weighted by Crippen LogP contribution is 2.34. The summed E-state index contributed by atoms with van der Waals surface area (Å²) in [5, 5.41) is 5.08. The third kappa shape index (κ3) is 2.89. The van der Waals surface area contributed by atoms with E-state index in [1.807, 2.05) is 6.92 Å². The van der Waals surface area contributed by atoms with Crippen LogP contribution in [0.3, 0.4) is 0 Å². The van der Waals surface area contributed by atoms with Gasteiger partial charge in [0.2, 0.25) is 5.91 Å². The Morgan fingerprint density at radius 2 is 2.53 bits per heavy atom. The predicted molar refractivity (Wildman–Crippen MR) is 71.1 cm³/mol. The Bertz CT molecular complexity index is 452. The van der Waals surface area contributed by atoms with Crippen molar-refractivity contribution in [2.45, 2.75) is 38.5 Å². The number of carbonyl (C=O) groups is 1. The summed E-state index contributed by atoms with van der Waals surface area (Å²) in [7, 11) is 0. The average molecular weight is 247 g/mol. The molecule has 3 heteroatoms. The van der Waals surface area contributed by atoms with Crippen LogP contribution < -0.4 is 5.32 Å². The molecule has 0 aromatic carbocycles. The van der Waals surface area contributed by atoms with E-state index in [4.69, 9.17) is 0 Å². The molecule has 0 aliphatic heterocycles. The van der Waals surface area contributed by atoms with E-state index in [0.29, 0.717) is 6.54 Å². The van der Waals surface area contributed by atoms with Crippen molar-refractivity contribution in [3.8, 4) is 11.8 Å². The molecule has 1 N–H and O–H groups in total. The predicted octanol–water partition coefficient (Wildman–Crippen LogP) is 2.70. The standard InChI is InChI=1S/C14H17NOS/c1-2-3-4-9-15-14(16)12-6-5-7-13-11(12)8-10-17-13/h8,10,12H,4-7,9H2,1H3,(H,15,16). The van der Waals surface area contributed by atoms with Crippen molar-refractivity contribution in [3.63, 3.8) is 0 Å². The first-order valence-electron chi connectivity index (χ1n) is 6.06. The minimum Gasteiger partial charge on any atom is -0.355 e. The van der Waals surface area contributed by atoms with E-state index < -0.39 is 0 Å². The molecule has 1 aromatic heterocycles. The van der Waals surface area contributed by atoms with Crippen LogP contribution in [0, 0.1) is 11.8 Å². The van der Waals surface area contributed by atoms with Crippen LogP contribution in [-0.2, 0) is 11.2 Å². The number of amides is 1. The van der Waals surface area contributed by atoms with Gasteiger partial charge in [-0.2, -0.15) is 0 Å². The molecule has 1 atom stereocenters. The Morgan fingerprint density at radius 3 is 3.35 bits per heavy atom. The first kappa shape index (κ1) is 12.2. The SMILES string of the molecule is CC#CCCNC(=O)C1CCCc2sccc21. The largest absolute Gasteiger partial charge is 0.355 e. The van der Waals surface area contributed by atoms with Crippen LogP contribution in [0.2, 0.25) is 0 Å².